The van der Waals surface area contributed by atoms with Crippen molar-refractivity contribution in [1.82, 2.24) is 16.0 Å². The molecule has 0 saturated carbocycles. The predicted molar refractivity (Wildman–Crippen MR) is 136 cm³/mol. The van der Waals surface area contributed by atoms with E-state index in [1.165, 1.54) is 37.3 Å². The van der Waals surface area contributed by atoms with E-state index in [-0.39, 0.29) is 24.3 Å². The molecule has 2 aromatic rings. The van der Waals surface area contributed by atoms with Crippen LogP contribution in [-0.2, 0) is 32.1 Å². The maximum Gasteiger partial charge on any atom is 0.491 e. The first-order valence-electron chi connectivity index (χ1n) is 12.3. The minimum atomic E-state index is -5.13. The summed E-state index contributed by atoms with van der Waals surface area (Å²) in [7, 11) is -2.55. The Labute approximate surface area is 231 Å². The van der Waals surface area contributed by atoms with Crippen LogP contribution in [0.3, 0.4) is 0 Å². The quantitative estimate of drug-likeness (QED) is 0.195. The van der Waals surface area contributed by atoms with E-state index < -0.39 is 68.7 Å². The Balaban J connectivity index is 1.57. The van der Waals surface area contributed by atoms with E-state index >= 15 is 0 Å². The fourth-order valence-corrected chi connectivity index (χ4v) is 4.41. The van der Waals surface area contributed by atoms with Crippen LogP contribution in [-0.4, -0.2) is 77.4 Å². The smallest absolute Gasteiger partial charge is 0.481 e. The summed E-state index contributed by atoms with van der Waals surface area (Å²) in [5.41, 5.74) is 1.87. The van der Waals surface area contributed by atoms with Crippen LogP contribution in [0.2, 0.25) is 0 Å². The van der Waals surface area contributed by atoms with Gasteiger partial charge in [0, 0.05) is 11.1 Å². The number of carboxylic acid groups (broad SMARTS) is 1. The summed E-state index contributed by atoms with van der Waals surface area (Å²) in [6.07, 6.45) is -6.60. The average molecular weight is 577 g/mol. The summed E-state index contributed by atoms with van der Waals surface area (Å²) in [6, 6.07) is 2.57. The van der Waals surface area contributed by atoms with Crippen LogP contribution in [0, 0.1) is 0 Å². The average Bonchev–Trinajstić information content (AvgIpc) is 3.47. The van der Waals surface area contributed by atoms with E-state index in [0.29, 0.717) is 22.1 Å². The van der Waals surface area contributed by atoms with Crippen LogP contribution in [0.15, 0.2) is 36.4 Å². The van der Waals surface area contributed by atoms with Gasteiger partial charge < -0.3 is 40.4 Å². The van der Waals surface area contributed by atoms with Gasteiger partial charge in [-0.2, -0.15) is 13.2 Å². The first-order valence-corrected chi connectivity index (χ1v) is 12.3. The zero-order valence-electron chi connectivity index (χ0n) is 21.4. The summed E-state index contributed by atoms with van der Waals surface area (Å²) in [6.45, 7) is 1.49. The zero-order chi connectivity index (χ0) is 30.1. The summed E-state index contributed by atoms with van der Waals surface area (Å²) < 4.78 is 50.6. The Bertz CT molecular complexity index is 1380. The van der Waals surface area contributed by atoms with Gasteiger partial charge in [0.25, 0.3) is 11.8 Å². The molecule has 2 heterocycles. The van der Waals surface area contributed by atoms with Gasteiger partial charge in [-0.25, -0.2) is 0 Å². The van der Waals surface area contributed by atoms with E-state index in [1.807, 2.05) is 0 Å². The molecule has 0 bridgehead atoms. The van der Waals surface area contributed by atoms with Gasteiger partial charge in [0.2, 0.25) is 5.91 Å². The topological polar surface area (TPSA) is 184 Å². The first-order chi connectivity index (χ1) is 19.2. The van der Waals surface area contributed by atoms with Crippen LogP contribution >= 0.6 is 0 Å². The molecule has 41 heavy (non-hydrogen) atoms. The number of hydrogen-bond donors (Lipinski definition) is 6. The van der Waals surface area contributed by atoms with E-state index in [2.05, 4.69) is 10.6 Å². The molecule has 12 nitrogen and oxygen atoms in total. The SMILES string of the molecule is C[C@H](NC(=O)c1ccc2c(c1)B(O)OC2)[C@H](NC(=O)c1ccc2c(c1)B(O)OC2)C(=O)N[C@@H](CC(=O)O)C(F)(F)F. The number of carbonyl (C=O) groups excluding carboxylic acids is 3. The van der Waals surface area contributed by atoms with Crippen molar-refractivity contribution < 1.29 is 56.8 Å². The number of nitrogens with one attached hydrogen (secondary N) is 3. The first kappa shape index (κ1) is 30.0. The molecule has 2 aromatic carbocycles. The van der Waals surface area contributed by atoms with Crippen molar-refractivity contribution >= 4 is 48.9 Å². The van der Waals surface area contributed by atoms with E-state index in [9.17, 15) is 42.4 Å². The molecule has 0 spiro atoms. The summed E-state index contributed by atoms with van der Waals surface area (Å²) in [5.74, 6) is -4.93. The van der Waals surface area contributed by atoms with Gasteiger partial charge in [0.05, 0.1) is 25.7 Å². The molecular formula is C24H24B2F3N3O9. The number of rotatable bonds is 9. The second-order valence-corrected chi connectivity index (χ2v) is 9.57. The van der Waals surface area contributed by atoms with Gasteiger partial charge in [-0.3, -0.25) is 19.2 Å². The van der Waals surface area contributed by atoms with Gasteiger partial charge in [0.15, 0.2) is 0 Å². The lowest BCUT2D eigenvalue weighted by molar-refractivity contribution is -0.170. The van der Waals surface area contributed by atoms with Crippen molar-refractivity contribution in [1.29, 1.82) is 0 Å². The maximum absolute atomic E-state index is 13.5. The standard InChI is InChI=1S/C24H24B2F3N3O9/c1-11(30-21(35)12-2-4-14-9-40-25(38)16(14)6-12)20(23(37)31-18(8-19(33)34)24(27,28)29)32-22(36)13-3-5-15-10-41-26(39)17(15)7-13/h2-7,11,18,20,38-39H,8-10H2,1H3,(H,30,35)(H,31,37)(H,32,36)(H,33,34)/t11-,18-,20-/m0/s1. The van der Waals surface area contributed by atoms with Crippen LogP contribution in [0.1, 0.15) is 45.2 Å². The predicted octanol–water partition coefficient (Wildman–Crippen LogP) is -1.44. The van der Waals surface area contributed by atoms with Gasteiger partial charge in [-0.1, -0.05) is 12.1 Å². The van der Waals surface area contributed by atoms with Crippen molar-refractivity contribution in [3.8, 4) is 0 Å². The number of amides is 3. The molecule has 0 saturated heterocycles. The number of halogens is 3. The summed E-state index contributed by atoms with van der Waals surface area (Å²) in [5, 5.41) is 35.1. The van der Waals surface area contributed by atoms with Gasteiger partial charge >= 0.3 is 26.4 Å². The molecule has 4 rings (SSSR count). The number of fused-ring (bicyclic) bond motifs is 2. The molecule has 0 aromatic heterocycles. The maximum atomic E-state index is 13.5. The minimum Gasteiger partial charge on any atom is -0.481 e. The number of aliphatic carboxylic acids is 1. The van der Waals surface area contributed by atoms with Crippen molar-refractivity contribution in [2.45, 2.75) is 50.9 Å². The van der Waals surface area contributed by atoms with Crippen molar-refractivity contribution in [3.63, 3.8) is 0 Å². The molecule has 0 unspecified atom stereocenters. The Morgan fingerprint density at radius 3 is 1.83 bits per heavy atom. The third-order valence-corrected chi connectivity index (χ3v) is 6.66. The minimum absolute atomic E-state index is 0.0392. The summed E-state index contributed by atoms with van der Waals surface area (Å²) in [4.78, 5) is 50.1. The van der Waals surface area contributed by atoms with Crippen molar-refractivity contribution in [2.24, 2.45) is 0 Å². The lowest BCUT2D eigenvalue weighted by Crippen LogP contribution is -2.60. The fraction of sp³-hybridized carbons (Fsp3) is 0.333. The number of carboxylic acids is 1. The summed E-state index contributed by atoms with van der Waals surface area (Å²) >= 11 is 0. The van der Waals surface area contributed by atoms with Crippen molar-refractivity contribution in [2.75, 3.05) is 0 Å². The van der Waals surface area contributed by atoms with E-state index in [1.54, 1.807) is 11.4 Å². The number of alkyl halides is 3. The highest BCUT2D eigenvalue weighted by Gasteiger charge is 2.44. The van der Waals surface area contributed by atoms with Crippen molar-refractivity contribution in [3.05, 3.63) is 58.7 Å². The number of benzene rings is 2. The molecular weight excluding hydrogens is 553 g/mol. The molecule has 0 fully saturated rings. The van der Waals surface area contributed by atoms with Crippen LogP contribution in [0.5, 0.6) is 0 Å². The number of hydrogen-bond acceptors (Lipinski definition) is 8. The van der Waals surface area contributed by atoms with Crippen LogP contribution < -0.4 is 26.9 Å². The Kier molecular flexibility index (Phi) is 8.72. The Morgan fingerprint density at radius 1 is 0.878 bits per heavy atom. The second kappa shape index (κ2) is 11.9. The van der Waals surface area contributed by atoms with Gasteiger partial charge in [-0.15, -0.1) is 0 Å². The third-order valence-electron chi connectivity index (χ3n) is 6.66. The molecule has 0 aliphatic carbocycles. The van der Waals surface area contributed by atoms with Crippen LogP contribution in [0.25, 0.3) is 0 Å². The third kappa shape index (κ3) is 6.87. The van der Waals surface area contributed by atoms with Gasteiger partial charge in [0.1, 0.15) is 12.1 Å². The molecule has 17 heteroatoms. The number of carbonyl (C=O) groups is 4. The Morgan fingerprint density at radius 2 is 1.37 bits per heavy atom. The lowest BCUT2D eigenvalue weighted by Gasteiger charge is -2.28. The molecule has 2 aliphatic heterocycles. The van der Waals surface area contributed by atoms with Gasteiger partial charge in [-0.05, 0) is 53.2 Å². The molecule has 3 amide bonds. The van der Waals surface area contributed by atoms with Crippen LogP contribution in [0.4, 0.5) is 13.2 Å². The Hall–Kier alpha value is -3.92. The zero-order valence-corrected chi connectivity index (χ0v) is 21.4. The normalized spacial score (nSPS) is 16.3. The highest BCUT2D eigenvalue weighted by atomic mass is 19.4. The lowest BCUT2D eigenvalue weighted by atomic mass is 9.78. The highest BCUT2D eigenvalue weighted by Crippen LogP contribution is 2.23. The molecule has 6 N–H and O–H groups in total. The fourth-order valence-electron chi connectivity index (χ4n) is 4.41. The largest absolute Gasteiger partial charge is 0.491 e. The molecule has 3 atom stereocenters. The monoisotopic (exact) mass is 577 g/mol. The molecule has 2 aliphatic rings. The second-order valence-electron chi connectivity index (χ2n) is 9.57. The van der Waals surface area contributed by atoms with E-state index in [0.717, 1.165) is 0 Å². The highest BCUT2D eigenvalue weighted by molar-refractivity contribution is 6.62. The van der Waals surface area contributed by atoms with E-state index in [4.69, 9.17) is 14.4 Å². The molecule has 0 radical (unpaired) electrons. The molecule has 216 valence electrons.